The van der Waals surface area contributed by atoms with Crippen LogP contribution in [0, 0.1) is 0 Å². The van der Waals surface area contributed by atoms with Crippen molar-refractivity contribution in [1.82, 2.24) is 4.57 Å². The lowest BCUT2D eigenvalue weighted by molar-refractivity contribution is 0.423. The molecule has 0 unspecified atom stereocenters. The number of fused-ring (bicyclic) bond motifs is 6. The van der Waals surface area contributed by atoms with Crippen LogP contribution >= 0.6 is 11.3 Å². The summed E-state index contributed by atoms with van der Waals surface area (Å²) >= 11 is 1.86. The third kappa shape index (κ3) is 4.31. The Kier molecular flexibility index (Phi) is 5.92. The van der Waals surface area contributed by atoms with Crippen LogP contribution in [0.3, 0.4) is 0 Å². The van der Waals surface area contributed by atoms with E-state index in [2.05, 4.69) is 170 Å². The van der Waals surface area contributed by atoms with E-state index in [1.807, 2.05) is 11.3 Å². The van der Waals surface area contributed by atoms with E-state index >= 15 is 0 Å². The van der Waals surface area contributed by atoms with E-state index in [9.17, 15) is 0 Å². The Morgan fingerprint density at radius 2 is 1.07 bits per heavy atom. The standard InChI is InChI=1S/C40H32N2S/c1-40(2,3)42-36-15-9-7-13-32(36)34-25-28(19-23-37(34)42)27-17-20-30(21-18-27)41(29-11-5-4-6-12-29)31-22-24-39-35(26-31)33-14-8-10-16-38(33)43-39/h4-26H,1-3H3. The molecule has 0 fully saturated rings. The first-order valence-electron chi connectivity index (χ1n) is 14.9. The Morgan fingerprint density at radius 3 is 1.86 bits per heavy atom. The maximum Gasteiger partial charge on any atom is 0.0496 e. The topological polar surface area (TPSA) is 8.17 Å². The number of hydrogen-bond donors (Lipinski definition) is 0. The molecule has 208 valence electrons. The highest BCUT2D eigenvalue weighted by atomic mass is 32.1. The third-order valence-electron chi connectivity index (χ3n) is 8.44. The zero-order valence-corrected chi connectivity index (χ0v) is 25.4. The highest BCUT2D eigenvalue weighted by molar-refractivity contribution is 7.25. The van der Waals surface area contributed by atoms with E-state index in [1.165, 1.54) is 53.1 Å². The van der Waals surface area contributed by atoms with Crippen LogP contribution in [0.2, 0.25) is 0 Å². The van der Waals surface area contributed by atoms with E-state index in [1.54, 1.807) is 0 Å². The van der Waals surface area contributed by atoms with E-state index in [0.29, 0.717) is 0 Å². The van der Waals surface area contributed by atoms with Gasteiger partial charge in [0.05, 0.1) is 0 Å². The Balaban J connectivity index is 1.23. The van der Waals surface area contributed by atoms with Crippen molar-refractivity contribution in [3.63, 3.8) is 0 Å². The summed E-state index contributed by atoms with van der Waals surface area (Å²) in [5.74, 6) is 0. The lowest BCUT2D eigenvalue weighted by atomic mass is 10.0. The second-order valence-electron chi connectivity index (χ2n) is 12.3. The zero-order valence-electron chi connectivity index (χ0n) is 24.6. The van der Waals surface area contributed by atoms with Crippen molar-refractivity contribution >= 4 is 70.4 Å². The molecule has 8 rings (SSSR count). The maximum absolute atomic E-state index is 2.47. The Labute approximate surface area is 256 Å². The molecule has 0 aliphatic carbocycles. The van der Waals surface area contributed by atoms with Crippen LogP contribution in [0.15, 0.2) is 140 Å². The smallest absolute Gasteiger partial charge is 0.0496 e. The van der Waals surface area contributed by atoms with E-state index in [-0.39, 0.29) is 5.54 Å². The lowest BCUT2D eigenvalue weighted by Crippen LogP contribution is -2.21. The van der Waals surface area contributed by atoms with Crippen molar-refractivity contribution in [2.45, 2.75) is 26.3 Å². The summed E-state index contributed by atoms with van der Waals surface area (Å²) in [6.07, 6.45) is 0. The van der Waals surface area contributed by atoms with Gasteiger partial charge in [0.25, 0.3) is 0 Å². The molecule has 0 aliphatic rings. The molecular weight excluding hydrogens is 541 g/mol. The molecule has 8 aromatic rings. The van der Waals surface area contributed by atoms with Crippen LogP contribution in [0.4, 0.5) is 17.1 Å². The average Bonchev–Trinajstić information content (AvgIpc) is 3.57. The summed E-state index contributed by atoms with van der Waals surface area (Å²) in [6.45, 7) is 6.84. The molecule has 0 atom stereocenters. The van der Waals surface area contributed by atoms with E-state index < -0.39 is 0 Å². The van der Waals surface area contributed by atoms with Gasteiger partial charge in [-0.3, -0.25) is 0 Å². The number of rotatable bonds is 4. The van der Waals surface area contributed by atoms with Crippen molar-refractivity contribution < 1.29 is 0 Å². The monoisotopic (exact) mass is 572 g/mol. The number of para-hydroxylation sites is 2. The molecule has 0 saturated heterocycles. The van der Waals surface area contributed by atoms with Gasteiger partial charge >= 0.3 is 0 Å². The molecule has 0 aliphatic heterocycles. The summed E-state index contributed by atoms with van der Waals surface area (Å²) in [6, 6.07) is 50.9. The zero-order chi connectivity index (χ0) is 29.1. The number of anilines is 3. The lowest BCUT2D eigenvalue weighted by Gasteiger charge is -2.26. The highest BCUT2D eigenvalue weighted by Gasteiger charge is 2.21. The second-order valence-corrected chi connectivity index (χ2v) is 13.3. The number of aromatic nitrogens is 1. The minimum Gasteiger partial charge on any atom is -0.335 e. The first kappa shape index (κ1) is 25.8. The third-order valence-corrected chi connectivity index (χ3v) is 9.59. The summed E-state index contributed by atoms with van der Waals surface area (Å²) < 4.78 is 5.11. The van der Waals surface area contributed by atoms with E-state index in [0.717, 1.165) is 17.1 Å². The fraction of sp³-hybridized carbons (Fsp3) is 0.100. The van der Waals surface area contributed by atoms with Gasteiger partial charge in [0.1, 0.15) is 0 Å². The quantitative estimate of drug-likeness (QED) is 0.204. The summed E-state index contributed by atoms with van der Waals surface area (Å²) in [7, 11) is 0. The summed E-state index contributed by atoms with van der Waals surface area (Å²) in [4.78, 5) is 2.36. The van der Waals surface area contributed by atoms with Crippen LogP contribution in [0.25, 0.3) is 53.1 Å². The van der Waals surface area contributed by atoms with Crippen molar-refractivity contribution in [2.24, 2.45) is 0 Å². The van der Waals surface area contributed by atoms with Gasteiger partial charge in [0.15, 0.2) is 0 Å². The molecule has 0 N–H and O–H groups in total. The molecule has 0 bridgehead atoms. The SMILES string of the molecule is CC(C)(C)n1c2ccccc2c2cc(-c3ccc(N(c4ccccc4)c4ccc5sc6ccccc6c5c4)cc3)ccc21. The first-order valence-corrected chi connectivity index (χ1v) is 15.7. The minimum atomic E-state index is -0.0102. The molecular formula is C40H32N2S. The Hall–Kier alpha value is -4.86. The fourth-order valence-electron chi connectivity index (χ4n) is 6.56. The summed E-state index contributed by atoms with van der Waals surface area (Å²) in [5.41, 5.74) is 8.44. The van der Waals surface area contributed by atoms with Crippen LogP contribution in [0.1, 0.15) is 20.8 Å². The van der Waals surface area contributed by atoms with Gasteiger partial charge < -0.3 is 9.47 Å². The first-order chi connectivity index (χ1) is 21.0. The van der Waals surface area contributed by atoms with Crippen LogP contribution < -0.4 is 4.90 Å². The predicted molar refractivity (Wildman–Crippen MR) is 187 cm³/mol. The van der Waals surface area contributed by atoms with E-state index in [4.69, 9.17) is 0 Å². The van der Waals surface area contributed by atoms with Gasteiger partial charge in [-0.15, -0.1) is 11.3 Å². The molecule has 0 saturated carbocycles. The van der Waals surface area contributed by atoms with Gasteiger partial charge in [0.2, 0.25) is 0 Å². The fourth-order valence-corrected chi connectivity index (χ4v) is 7.64. The van der Waals surface area contributed by atoms with Gasteiger partial charge in [-0.1, -0.05) is 72.8 Å². The molecule has 0 spiro atoms. The van der Waals surface area contributed by atoms with Gasteiger partial charge in [-0.2, -0.15) is 0 Å². The number of nitrogens with zero attached hydrogens (tertiary/aromatic N) is 2. The number of thiophene rings is 1. The molecule has 43 heavy (non-hydrogen) atoms. The molecule has 0 amide bonds. The van der Waals surface area contributed by atoms with Crippen molar-refractivity contribution in [3.05, 3.63) is 140 Å². The molecule has 6 aromatic carbocycles. The molecule has 3 heteroatoms. The molecule has 2 aromatic heterocycles. The van der Waals surface area contributed by atoms with Crippen molar-refractivity contribution in [2.75, 3.05) is 4.90 Å². The molecule has 2 nitrogen and oxygen atoms in total. The number of benzene rings is 6. The largest absolute Gasteiger partial charge is 0.335 e. The van der Waals surface area contributed by atoms with Crippen LogP contribution in [0.5, 0.6) is 0 Å². The van der Waals surface area contributed by atoms with Gasteiger partial charge in [-0.05, 0) is 98.6 Å². The molecule has 0 radical (unpaired) electrons. The Morgan fingerprint density at radius 1 is 0.465 bits per heavy atom. The highest BCUT2D eigenvalue weighted by Crippen LogP contribution is 2.41. The average molecular weight is 573 g/mol. The van der Waals surface area contributed by atoms with Crippen molar-refractivity contribution in [3.8, 4) is 11.1 Å². The Bertz CT molecular complexity index is 2260. The normalized spacial score (nSPS) is 12.1. The van der Waals surface area contributed by atoms with Crippen LogP contribution in [-0.4, -0.2) is 4.57 Å². The van der Waals surface area contributed by atoms with Crippen molar-refractivity contribution in [1.29, 1.82) is 0 Å². The summed E-state index contributed by atoms with van der Waals surface area (Å²) in [5, 5.41) is 5.22. The van der Waals surface area contributed by atoms with Crippen LogP contribution in [-0.2, 0) is 5.54 Å². The van der Waals surface area contributed by atoms with Gasteiger partial charge in [0, 0.05) is 64.6 Å². The minimum absolute atomic E-state index is 0.0102. The second kappa shape index (κ2) is 9.86. The molecule has 2 heterocycles. The predicted octanol–water partition coefficient (Wildman–Crippen LogP) is 12.1. The van der Waals surface area contributed by atoms with Gasteiger partial charge in [-0.25, -0.2) is 0 Å². The number of hydrogen-bond acceptors (Lipinski definition) is 2. The maximum atomic E-state index is 2.47.